The molecule has 108 valence electrons. The van der Waals surface area contributed by atoms with E-state index in [4.69, 9.17) is 16.9 Å². The van der Waals surface area contributed by atoms with E-state index in [-0.39, 0.29) is 15.5 Å². The molecule has 21 heavy (non-hydrogen) atoms. The monoisotopic (exact) mass is 329 g/mol. The Morgan fingerprint density at radius 1 is 1.14 bits per heavy atom. The molecule has 2 aromatic carbocycles. The molecule has 0 spiro atoms. The van der Waals surface area contributed by atoms with Gasteiger partial charge >= 0.3 is 10.1 Å². The lowest BCUT2D eigenvalue weighted by Gasteiger charge is -2.08. The van der Waals surface area contributed by atoms with Gasteiger partial charge in [0.15, 0.2) is 11.6 Å². The first-order valence-electron chi connectivity index (χ1n) is 5.42. The van der Waals surface area contributed by atoms with Crippen molar-refractivity contribution in [3.63, 3.8) is 0 Å². The molecule has 2 aromatic rings. The van der Waals surface area contributed by atoms with Crippen LogP contribution in [0.3, 0.4) is 0 Å². The second-order valence-corrected chi connectivity index (χ2v) is 5.82. The lowest BCUT2D eigenvalue weighted by Crippen LogP contribution is -2.11. The zero-order chi connectivity index (χ0) is 15.6. The van der Waals surface area contributed by atoms with Crippen LogP contribution in [0.5, 0.6) is 5.75 Å². The van der Waals surface area contributed by atoms with Crippen LogP contribution < -0.4 is 4.18 Å². The number of halogens is 3. The van der Waals surface area contributed by atoms with Crippen LogP contribution in [-0.4, -0.2) is 8.42 Å². The number of benzene rings is 2. The summed E-state index contributed by atoms with van der Waals surface area (Å²) in [5, 5.41) is 8.87. The summed E-state index contributed by atoms with van der Waals surface area (Å²) in [5.41, 5.74) is -0.0686. The smallest absolute Gasteiger partial charge is 0.339 e. The van der Waals surface area contributed by atoms with Crippen molar-refractivity contribution in [3.8, 4) is 11.8 Å². The van der Waals surface area contributed by atoms with E-state index in [1.807, 2.05) is 0 Å². The van der Waals surface area contributed by atoms with Crippen molar-refractivity contribution in [1.29, 1.82) is 5.26 Å². The Labute approximate surface area is 124 Å². The van der Waals surface area contributed by atoms with Gasteiger partial charge in [0, 0.05) is 6.07 Å². The van der Waals surface area contributed by atoms with Crippen molar-refractivity contribution in [3.05, 3.63) is 58.6 Å². The van der Waals surface area contributed by atoms with E-state index >= 15 is 0 Å². The lowest BCUT2D eigenvalue weighted by molar-refractivity contribution is 0.457. The summed E-state index contributed by atoms with van der Waals surface area (Å²) in [5.74, 6) is -2.67. The van der Waals surface area contributed by atoms with Crippen LogP contribution in [-0.2, 0) is 10.1 Å². The first-order valence-corrected chi connectivity index (χ1v) is 7.21. The summed E-state index contributed by atoms with van der Waals surface area (Å²) in [6.07, 6.45) is 0. The minimum atomic E-state index is -4.37. The van der Waals surface area contributed by atoms with Gasteiger partial charge in [-0.05, 0) is 30.3 Å². The van der Waals surface area contributed by atoms with Gasteiger partial charge in [-0.2, -0.15) is 13.7 Å². The van der Waals surface area contributed by atoms with Gasteiger partial charge < -0.3 is 4.18 Å². The van der Waals surface area contributed by atoms with Crippen LogP contribution in [0.1, 0.15) is 5.56 Å². The van der Waals surface area contributed by atoms with Crippen molar-refractivity contribution >= 4 is 21.7 Å². The minimum absolute atomic E-state index is 0.0686. The number of nitrogens with zero attached hydrogens (tertiary/aromatic N) is 1. The van der Waals surface area contributed by atoms with Gasteiger partial charge in [-0.25, -0.2) is 8.78 Å². The maximum atomic E-state index is 13.4. The molecule has 0 aromatic heterocycles. The molecule has 0 fully saturated rings. The predicted molar refractivity (Wildman–Crippen MR) is 70.3 cm³/mol. The zero-order valence-electron chi connectivity index (χ0n) is 10.2. The Balaban J connectivity index is 2.41. The molecular formula is C13H6ClF2NO3S. The molecule has 0 unspecified atom stereocenters. The number of nitriles is 1. The highest BCUT2D eigenvalue weighted by molar-refractivity contribution is 7.87. The Bertz CT molecular complexity index is 847. The largest absolute Gasteiger partial charge is 0.376 e. The van der Waals surface area contributed by atoms with Gasteiger partial charge in [-0.3, -0.25) is 0 Å². The molecule has 0 heterocycles. The summed E-state index contributed by atoms with van der Waals surface area (Å²) >= 11 is 5.69. The van der Waals surface area contributed by atoms with E-state index in [0.29, 0.717) is 6.07 Å². The van der Waals surface area contributed by atoms with Crippen LogP contribution >= 0.6 is 11.6 Å². The Kier molecular flexibility index (Phi) is 4.11. The fourth-order valence-corrected chi connectivity index (χ4v) is 2.58. The summed E-state index contributed by atoms with van der Waals surface area (Å²) in [4.78, 5) is -0.368. The summed E-state index contributed by atoms with van der Waals surface area (Å²) in [6.45, 7) is 0. The molecule has 0 saturated heterocycles. The third-order valence-electron chi connectivity index (χ3n) is 2.44. The van der Waals surface area contributed by atoms with E-state index in [1.54, 1.807) is 6.07 Å². The topological polar surface area (TPSA) is 67.2 Å². The highest BCUT2D eigenvalue weighted by Gasteiger charge is 2.20. The highest BCUT2D eigenvalue weighted by atomic mass is 35.5. The fraction of sp³-hybridized carbons (Fsp3) is 0. The van der Waals surface area contributed by atoms with Gasteiger partial charge in [0.05, 0.1) is 10.6 Å². The Morgan fingerprint density at radius 2 is 1.86 bits per heavy atom. The number of hydrogen-bond donors (Lipinski definition) is 0. The van der Waals surface area contributed by atoms with Crippen molar-refractivity contribution in [2.45, 2.75) is 4.90 Å². The van der Waals surface area contributed by atoms with Crippen LogP contribution in [0.4, 0.5) is 8.78 Å². The molecular weight excluding hydrogens is 324 g/mol. The zero-order valence-corrected chi connectivity index (χ0v) is 11.8. The van der Waals surface area contributed by atoms with Crippen LogP contribution in [0.2, 0.25) is 5.02 Å². The molecule has 0 aliphatic rings. The molecule has 0 aliphatic heterocycles. The highest BCUT2D eigenvalue weighted by Crippen LogP contribution is 2.25. The lowest BCUT2D eigenvalue weighted by atomic mass is 10.2. The standard InChI is InChI=1S/C13H6ClF2NO3S/c14-11-3-2-10(5-8(11)7-17)21(18,19)20-13-4-1-9(15)6-12(13)16/h1-6H. The molecule has 0 atom stereocenters. The van der Waals surface area contributed by atoms with Crippen molar-refractivity contribution in [2.75, 3.05) is 0 Å². The average molecular weight is 330 g/mol. The van der Waals surface area contributed by atoms with E-state index in [2.05, 4.69) is 4.18 Å². The van der Waals surface area contributed by atoms with Gasteiger partial charge in [-0.1, -0.05) is 11.6 Å². The first-order chi connectivity index (χ1) is 9.83. The van der Waals surface area contributed by atoms with E-state index in [9.17, 15) is 17.2 Å². The number of rotatable bonds is 3. The molecule has 0 amide bonds. The minimum Gasteiger partial charge on any atom is -0.376 e. The van der Waals surface area contributed by atoms with Crippen LogP contribution in [0, 0.1) is 23.0 Å². The van der Waals surface area contributed by atoms with Gasteiger partial charge in [-0.15, -0.1) is 0 Å². The average Bonchev–Trinajstić information content (AvgIpc) is 2.42. The fourth-order valence-electron chi connectivity index (χ4n) is 1.45. The maximum absolute atomic E-state index is 13.4. The maximum Gasteiger partial charge on any atom is 0.339 e. The normalized spacial score (nSPS) is 11.0. The molecule has 0 radical (unpaired) electrons. The number of hydrogen-bond acceptors (Lipinski definition) is 4. The molecule has 2 rings (SSSR count). The Morgan fingerprint density at radius 3 is 2.48 bits per heavy atom. The second-order valence-electron chi connectivity index (χ2n) is 3.87. The van der Waals surface area contributed by atoms with Gasteiger partial charge in [0.1, 0.15) is 16.8 Å². The molecule has 8 heteroatoms. The molecule has 0 N–H and O–H groups in total. The molecule has 4 nitrogen and oxygen atoms in total. The predicted octanol–water partition coefficient (Wildman–Crippen LogP) is 3.26. The third-order valence-corrected chi connectivity index (χ3v) is 4.00. The Hall–Kier alpha value is -2.17. The first kappa shape index (κ1) is 15.2. The van der Waals surface area contributed by atoms with Crippen LogP contribution in [0.15, 0.2) is 41.3 Å². The molecule has 0 saturated carbocycles. The van der Waals surface area contributed by atoms with Crippen molar-refractivity contribution in [1.82, 2.24) is 0 Å². The third kappa shape index (κ3) is 3.29. The molecule has 0 aliphatic carbocycles. The van der Waals surface area contributed by atoms with Gasteiger partial charge in [0.25, 0.3) is 0 Å². The van der Waals surface area contributed by atoms with Crippen molar-refractivity contribution in [2.24, 2.45) is 0 Å². The SMILES string of the molecule is N#Cc1cc(S(=O)(=O)Oc2ccc(F)cc2F)ccc1Cl. The van der Waals surface area contributed by atoms with E-state index in [0.717, 1.165) is 24.3 Å². The van der Waals surface area contributed by atoms with E-state index < -0.39 is 27.5 Å². The van der Waals surface area contributed by atoms with Gasteiger partial charge in [0.2, 0.25) is 0 Å². The van der Waals surface area contributed by atoms with E-state index in [1.165, 1.54) is 6.07 Å². The summed E-state index contributed by atoms with van der Waals surface area (Å²) < 4.78 is 54.7. The summed E-state index contributed by atoms with van der Waals surface area (Å²) in [7, 11) is -4.37. The summed E-state index contributed by atoms with van der Waals surface area (Å²) in [6, 6.07) is 7.23. The van der Waals surface area contributed by atoms with Crippen LogP contribution in [0.25, 0.3) is 0 Å². The quantitative estimate of drug-likeness (QED) is 0.811. The molecule has 0 bridgehead atoms. The van der Waals surface area contributed by atoms with Crippen molar-refractivity contribution < 1.29 is 21.4 Å². The second kappa shape index (κ2) is 5.68.